The number of allylic oxidation sites excluding steroid dienone is 18. The van der Waals surface area contributed by atoms with Gasteiger partial charge in [-0.05, 0) is 96.3 Å². The van der Waals surface area contributed by atoms with E-state index in [-0.39, 0.29) is 25.2 Å². The summed E-state index contributed by atoms with van der Waals surface area (Å²) in [6.45, 7) is 7.38. The van der Waals surface area contributed by atoms with Crippen LogP contribution in [-0.4, -0.2) is 37.9 Å². The lowest BCUT2D eigenvalue weighted by atomic mass is 10.1. The molecule has 0 aromatic heterocycles. The van der Waals surface area contributed by atoms with Crippen LogP contribution in [0.5, 0.6) is 0 Å². The average Bonchev–Trinajstić information content (AvgIpc) is 3.22. The lowest BCUT2D eigenvalue weighted by Crippen LogP contribution is -2.30. The van der Waals surface area contributed by atoms with Crippen LogP contribution in [0.3, 0.4) is 0 Å². The molecule has 0 aromatic rings. The molecule has 1 unspecified atom stereocenters. The predicted octanol–water partition coefficient (Wildman–Crippen LogP) is 15.7. The van der Waals surface area contributed by atoms with E-state index in [1.807, 2.05) is 0 Å². The first kappa shape index (κ1) is 54.6. The van der Waals surface area contributed by atoms with E-state index in [0.717, 1.165) is 116 Å². The second-order valence-electron chi connectivity index (χ2n) is 14.9. The average molecular weight is 803 g/mol. The van der Waals surface area contributed by atoms with Gasteiger partial charge in [0.2, 0.25) is 0 Å². The molecular formula is C53H86O5. The number of carbonyl (C=O) groups is 2. The number of ether oxygens (including phenoxy) is 3. The zero-order valence-electron chi connectivity index (χ0n) is 37.5. The fourth-order valence-electron chi connectivity index (χ4n) is 5.89. The van der Waals surface area contributed by atoms with E-state index in [0.29, 0.717) is 19.4 Å². The Morgan fingerprint density at radius 1 is 0.397 bits per heavy atom. The second-order valence-corrected chi connectivity index (χ2v) is 14.9. The van der Waals surface area contributed by atoms with Gasteiger partial charge in [-0.15, -0.1) is 0 Å². The van der Waals surface area contributed by atoms with Crippen LogP contribution in [0.2, 0.25) is 0 Å². The Morgan fingerprint density at radius 3 is 1.24 bits per heavy atom. The Morgan fingerprint density at radius 2 is 0.776 bits per heavy atom. The summed E-state index contributed by atoms with van der Waals surface area (Å²) in [4.78, 5) is 25.2. The first-order chi connectivity index (χ1) is 28.6. The fourth-order valence-corrected chi connectivity index (χ4v) is 5.89. The van der Waals surface area contributed by atoms with Crippen molar-refractivity contribution < 1.29 is 23.8 Å². The summed E-state index contributed by atoms with van der Waals surface area (Å²) in [5, 5.41) is 0. The van der Waals surface area contributed by atoms with Crippen molar-refractivity contribution >= 4 is 11.9 Å². The molecule has 0 fully saturated rings. The van der Waals surface area contributed by atoms with Crippen molar-refractivity contribution in [3.63, 3.8) is 0 Å². The SMILES string of the molecule is CC/C=C\C/C=C\C/C=C\C/C=C\C/C=C\C/C=C\CCCOCC(COC(=O)CCCCC/C=C\C/C=C\C/C=C\CC)OC(=O)CCCCCCCCCCC. The smallest absolute Gasteiger partial charge is 0.306 e. The van der Waals surface area contributed by atoms with Crippen molar-refractivity contribution in [1.29, 1.82) is 0 Å². The lowest BCUT2D eigenvalue weighted by molar-refractivity contribution is -0.163. The van der Waals surface area contributed by atoms with E-state index in [4.69, 9.17) is 14.2 Å². The van der Waals surface area contributed by atoms with Crippen molar-refractivity contribution in [1.82, 2.24) is 0 Å². The molecule has 0 saturated carbocycles. The van der Waals surface area contributed by atoms with Crippen molar-refractivity contribution in [3.05, 3.63) is 109 Å². The predicted molar refractivity (Wildman–Crippen MR) is 251 cm³/mol. The minimum atomic E-state index is -0.581. The highest BCUT2D eigenvalue weighted by atomic mass is 16.6. The highest BCUT2D eigenvalue weighted by Gasteiger charge is 2.17. The van der Waals surface area contributed by atoms with Gasteiger partial charge in [-0.25, -0.2) is 0 Å². The van der Waals surface area contributed by atoms with Gasteiger partial charge in [0.15, 0.2) is 6.10 Å². The number of carbonyl (C=O) groups excluding carboxylic acids is 2. The molecule has 0 aromatic carbocycles. The van der Waals surface area contributed by atoms with Crippen LogP contribution in [0, 0.1) is 0 Å². The summed E-state index contributed by atoms with van der Waals surface area (Å²) in [6.07, 6.45) is 65.4. The van der Waals surface area contributed by atoms with Crippen molar-refractivity contribution in [2.24, 2.45) is 0 Å². The van der Waals surface area contributed by atoms with Gasteiger partial charge in [-0.3, -0.25) is 9.59 Å². The molecule has 58 heavy (non-hydrogen) atoms. The molecule has 328 valence electrons. The third-order valence-corrected chi connectivity index (χ3v) is 9.30. The van der Waals surface area contributed by atoms with Gasteiger partial charge in [0.25, 0.3) is 0 Å². The summed E-state index contributed by atoms with van der Waals surface area (Å²) in [7, 11) is 0. The van der Waals surface area contributed by atoms with Gasteiger partial charge in [0, 0.05) is 19.4 Å². The number of esters is 2. The van der Waals surface area contributed by atoms with E-state index in [1.165, 1.54) is 38.5 Å². The number of rotatable bonds is 41. The fraction of sp³-hybridized carbons (Fsp3) is 0.623. The topological polar surface area (TPSA) is 61.8 Å². The summed E-state index contributed by atoms with van der Waals surface area (Å²) in [5.74, 6) is -0.474. The third kappa shape index (κ3) is 45.3. The maximum absolute atomic E-state index is 12.7. The molecule has 5 nitrogen and oxygen atoms in total. The van der Waals surface area contributed by atoms with E-state index in [1.54, 1.807) is 0 Å². The molecule has 0 spiro atoms. The third-order valence-electron chi connectivity index (χ3n) is 9.30. The quantitative estimate of drug-likeness (QED) is 0.0350. The van der Waals surface area contributed by atoms with Gasteiger partial charge >= 0.3 is 11.9 Å². The van der Waals surface area contributed by atoms with Crippen molar-refractivity contribution in [2.75, 3.05) is 19.8 Å². The van der Waals surface area contributed by atoms with Crippen LogP contribution in [0.1, 0.15) is 188 Å². The standard InChI is InChI=1S/C53H86O5/c1-4-7-10-13-16-19-21-23-24-25-26-27-28-29-31-33-36-39-42-45-48-56-49-51(58-53(55)47-44-41-38-34-18-15-12-9-6-3)50-57-52(54)46-43-40-37-35-32-30-22-20-17-14-11-8-5-2/h7-8,10-11,16-17,19-20,23-24,26-27,29-32,36,39,51H,4-6,9,12-15,18,21-22,25,28,33-35,37-38,40-50H2,1-3H3/b10-7-,11-8-,19-16-,20-17-,24-23-,27-26-,31-29-,32-30-,39-36-. The number of hydrogen-bond donors (Lipinski definition) is 0. The monoisotopic (exact) mass is 803 g/mol. The maximum Gasteiger partial charge on any atom is 0.306 e. The highest BCUT2D eigenvalue weighted by Crippen LogP contribution is 2.12. The largest absolute Gasteiger partial charge is 0.462 e. The van der Waals surface area contributed by atoms with Gasteiger partial charge < -0.3 is 14.2 Å². The molecule has 0 radical (unpaired) electrons. The summed E-state index contributed by atoms with van der Waals surface area (Å²) in [6, 6.07) is 0. The van der Waals surface area contributed by atoms with Crippen LogP contribution in [-0.2, 0) is 23.8 Å². The van der Waals surface area contributed by atoms with Gasteiger partial charge in [0.1, 0.15) is 6.61 Å². The van der Waals surface area contributed by atoms with Crippen LogP contribution >= 0.6 is 0 Å². The van der Waals surface area contributed by atoms with Gasteiger partial charge in [0.05, 0.1) is 6.61 Å². The normalized spacial score (nSPS) is 13.2. The van der Waals surface area contributed by atoms with E-state index >= 15 is 0 Å². The van der Waals surface area contributed by atoms with Crippen LogP contribution in [0.25, 0.3) is 0 Å². The van der Waals surface area contributed by atoms with Crippen LogP contribution < -0.4 is 0 Å². The molecule has 0 aliphatic heterocycles. The van der Waals surface area contributed by atoms with Gasteiger partial charge in [-0.1, -0.05) is 188 Å². The van der Waals surface area contributed by atoms with E-state index < -0.39 is 6.10 Å². The maximum atomic E-state index is 12.7. The minimum Gasteiger partial charge on any atom is -0.462 e. The molecule has 0 aliphatic carbocycles. The lowest BCUT2D eigenvalue weighted by Gasteiger charge is -2.18. The molecule has 1 atom stereocenters. The number of hydrogen-bond acceptors (Lipinski definition) is 5. The van der Waals surface area contributed by atoms with E-state index in [9.17, 15) is 9.59 Å². The molecule has 5 heteroatoms. The first-order valence-electron chi connectivity index (χ1n) is 23.4. The number of unbranched alkanes of at least 4 members (excludes halogenated alkanes) is 12. The molecule has 0 bridgehead atoms. The Bertz CT molecular complexity index is 1180. The highest BCUT2D eigenvalue weighted by molar-refractivity contribution is 5.70. The van der Waals surface area contributed by atoms with Crippen molar-refractivity contribution in [3.8, 4) is 0 Å². The zero-order chi connectivity index (χ0) is 42.1. The van der Waals surface area contributed by atoms with Gasteiger partial charge in [-0.2, -0.15) is 0 Å². The molecule has 0 saturated heterocycles. The molecule has 0 rings (SSSR count). The van der Waals surface area contributed by atoms with Crippen LogP contribution in [0.4, 0.5) is 0 Å². The Labute approximate surface area is 357 Å². The first-order valence-corrected chi connectivity index (χ1v) is 23.4. The Hall–Kier alpha value is -3.44. The van der Waals surface area contributed by atoms with E-state index in [2.05, 4.69) is 130 Å². The molecule has 0 amide bonds. The molecule has 0 N–H and O–H groups in total. The molecular weight excluding hydrogens is 717 g/mol. The summed E-state index contributed by atoms with van der Waals surface area (Å²) >= 11 is 0. The second kappa shape index (κ2) is 47.9. The van der Waals surface area contributed by atoms with Crippen molar-refractivity contribution in [2.45, 2.75) is 194 Å². The molecule has 0 heterocycles. The Kier molecular flexibility index (Phi) is 45.1. The summed E-state index contributed by atoms with van der Waals surface area (Å²) in [5.41, 5.74) is 0. The Balaban J connectivity index is 4.37. The minimum absolute atomic E-state index is 0.0416. The molecule has 0 aliphatic rings. The zero-order valence-corrected chi connectivity index (χ0v) is 37.5. The summed E-state index contributed by atoms with van der Waals surface area (Å²) < 4.78 is 17.2. The van der Waals surface area contributed by atoms with Crippen LogP contribution in [0.15, 0.2) is 109 Å².